The first-order chi connectivity index (χ1) is 12.3. The summed E-state index contributed by atoms with van der Waals surface area (Å²) in [7, 11) is 0. The van der Waals surface area contributed by atoms with Crippen molar-refractivity contribution >= 4 is 5.78 Å². The minimum absolute atomic E-state index is 0.0705. The number of fused-ring (bicyclic) bond motifs is 5. The number of carbonyl (C=O) groups is 1. The Hall–Kier alpha value is -0.670. The first-order valence-corrected chi connectivity index (χ1v) is 10.8. The van der Waals surface area contributed by atoms with Gasteiger partial charge in [0.1, 0.15) is 6.61 Å². The molecule has 0 aliphatic heterocycles. The highest BCUT2D eigenvalue weighted by Gasteiger charge is 2.61. The monoisotopic (exact) mass is 360 g/mol. The lowest BCUT2D eigenvalue weighted by Gasteiger charge is -2.61. The molecule has 0 spiro atoms. The van der Waals surface area contributed by atoms with Gasteiger partial charge in [-0.15, -0.1) is 6.58 Å². The summed E-state index contributed by atoms with van der Waals surface area (Å²) in [5.74, 6) is 2.84. The van der Waals surface area contributed by atoms with E-state index in [1.165, 1.54) is 19.3 Å². The van der Waals surface area contributed by atoms with Crippen molar-refractivity contribution in [1.82, 2.24) is 0 Å². The van der Waals surface area contributed by atoms with Crippen LogP contribution in [0.4, 0.5) is 0 Å². The number of carbonyl (C=O) groups excluding carboxylic acids is 1. The highest BCUT2D eigenvalue weighted by Crippen LogP contribution is 2.68. The lowest BCUT2D eigenvalue weighted by molar-refractivity contribution is -0.147. The number of aliphatic hydroxyl groups excluding tert-OH is 1. The predicted octanol–water partition coefficient (Wildman–Crippen LogP) is 4.12. The number of rotatable bonds is 3. The number of aliphatic hydroxyl groups is 2. The molecule has 4 aliphatic rings. The summed E-state index contributed by atoms with van der Waals surface area (Å²) in [6.07, 6.45) is 11.5. The Bertz CT molecular complexity index is 600. The molecule has 0 saturated heterocycles. The van der Waals surface area contributed by atoms with Crippen molar-refractivity contribution in [3.05, 3.63) is 12.7 Å². The summed E-state index contributed by atoms with van der Waals surface area (Å²) in [6.45, 7) is 8.42. The van der Waals surface area contributed by atoms with E-state index in [4.69, 9.17) is 0 Å². The molecule has 0 radical (unpaired) electrons. The Kier molecular flexibility index (Phi) is 4.43. The van der Waals surface area contributed by atoms with E-state index in [-0.39, 0.29) is 23.7 Å². The molecular formula is C23H36O3. The molecule has 0 bridgehead atoms. The smallest absolute Gasteiger partial charge is 0.161 e. The van der Waals surface area contributed by atoms with Crippen LogP contribution in [0.5, 0.6) is 0 Å². The zero-order valence-electron chi connectivity index (χ0n) is 16.5. The first kappa shape index (κ1) is 18.7. The molecule has 4 rings (SSSR count). The molecule has 0 heterocycles. The highest BCUT2D eigenvalue weighted by molar-refractivity contribution is 5.83. The van der Waals surface area contributed by atoms with Crippen LogP contribution >= 0.6 is 0 Å². The molecule has 0 unspecified atom stereocenters. The van der Waals surface area contributed by atoms with Crippen LogP contribution in [-0.2, 0) is 4.79 Å². The van der Waals surface area contributed by atoms with Gasteiger partial charge in [-0.2, -0.15) is 0 Å². The SMILES string of the molecule is C=C[C@@]1(O)CC[C@@]2(C)[C@@H](CC[C@@H]3[C@@H]2CC[C@]2(C)[C@@H](C(=O)CO)CC[C@@H]32)C1. The van der Waals surface area contributed by atoms with Gasteiger partial charge < -0.3 is 10.2 Å². The standard InChI is InChI=1S/C23H36O3/c1-4-23(26)12-11-21(2)15(13-23)5-6-16-17-7-8-19(20(25)14-24)22(17,3)10-9-18(16)21/h4,15-19,24,26H,1,5-14H2,2-3H3/t15-,16-,17-,18-,19+,21-,22-,23+/m0/s1. The number of Topliss-reactive ketones (excluding diaryl/α,β-unsaturated/α-hetero) is 1. The van der Waals surface area contributed by atoms with Crippen molar-refractivity contribution in [2.75, 3.05) is 6.61 Å². The summed E-state index contributed by atoms with van der Waals surface area (Å²) >= 11 is 0. The lowest BCUT2D eigenvalue weighted by Crippen LogP contribution is -2.55. The maximum atomic E-state index is 12.3. The van der Waals surface area contributed by atoms with E-state index < -0.39 is 5.60 Å². The third-order valence-electron chi connectivity index (χ3n) is 9.69. The number of ketones is 1. The zero-order valence-corrected chi connectivity index (χ0v) is 16.5. The van der Waals surface area contributed by atoms with Crippen molar-refractivity contribution in [3.8, 4) is 0 Å². The van der Waals surface area contributed by atoms with Crippen molar-refractivity contribution in [1.29, 1.82) is 0 Å². The van der Waals surface area contributed by atoms with E-state index in [2.05, 4.69) is 20.4 Å². The minimum atomic E-state index is -0.661. The molecular weight excluding hydrogens is 324 g/mol. The van der Waals surface area contributed by atoms with Crippen LogP contribution in [0, 0.1) is 40.4 Å². The normalized spacial score (nSPS) is 53.3. The Labute approximate surface area is 158 Å². The van der Waals surface area contributed by atoms with Crippen LogP contribution in [0.1, 0.15) is 71.6 Å². The molecule has 0 aromatic heterocycles. The van der Waals surface area contributed by atoms with Crippen LogP contribution in [-0.4, -0.2) is 28.2 Å². The van der Waals surface area contributed by atoms with Crippen molar-refractivity contribution in [3.63, 3.8) is 0 Å². The second kappa shape index (κ2) is 6.17. The molecule has 26 heavy (non-hydrogen) atoms. The molecule has 8 atom stereocenters. The van der Waals surface area contributed by atoms with Gasteiger partial charge in [-0.1, -0.05) is 19.9 Å². The molecule has 0 aromatic rings. The third-order valence-corrected chi connectivity index (χ3v) is 9.69. The van der Waals surface area contributed by atoms with Crippen LogP contribution in [0.2, 0.25) is 0 Å². The van der Waals surface area contributed by atoms with Crippen LogP contribution < -0.4 is 0 Å². The summed E-state index contributed by atoms with van der Waals surface area (Å²) in [4.78, 5) is 12.3. The fourth-order valence-corrected chi connectivity index (χ4v) is 8.10. The van der Waals surface area contributed by atoms with Crippen molar-refractivity contribution in [2.45, 2.75) is 77.2 Å². The van der Waals surface area contributed by atoms with Gasteiger partial charge in [0.05, 0.1) is 5.60 Å². The van der Waals surface area contributed by atoms with Gasteiger partial charge >= 0.3 is 0 Å². The quantitative estimate of drug-likeness (QED) is 0.744. The molecule has 0 amide bonds. The average Bonchev–Trinajstić information content (AvgIpc) is 2.99. The molecule has 0 aromatic carbocycles. The second-order valence-electron chi connectivity index (χ2n) is 10.5. The van der Waals surface area contributed by atoms with E-state index in [0.717, 1.165) is 50.4 Å². The van der Waals surface area contributed by atoms with Gasteiger partial charge in [-0.3, -0.25) is 4.79 Å². The van der Waals surface area contributed by atoms with E-state index in [9.17, 15) is 15.0 Å². The van der Waals surface area contributed by atoms with Crippen LogP contribution in [0.15, 0.2) is 12.7 Å². The topological polar surface area (TPSA) is 57.5 Å². The van der Waals surface area contributed by atoms with Gasteiger partial charge in [0.2, 0.25) is 0 Å². The van der Waals surface area contributed by atoms with Gasteiger partial charge in [-0.25, -0.2) is 0 Å². The largest absolute Gasteiger partial charge is 0.389 e. The van der Waals surface area contributed by atoms with Crippen molar-refractivity contribution in [2.24, 2.45) is 40.4 Å². The molecule has 3 nitrogen and oxygen atoms in total. The number of hydrogen-bond acceptors (Lipinski definition) is 3. The van der Waals surface area contributed by atoms with Crippen molar-refractivity contribution < 1.29 is 15.0 Å². The lowest BCUT2D eigenvalue weighted by atomic mass is 9.44. The van der Waals surface area contributed by atoms with E-state index in [0.29, 0.717) is 17.3 Å². The summed E-state index contributed by atoms with van der Waals surface area (Å²) in [5, 5.41) is 20.2. The van der Waals surface area contributed by atoms with Gasteiger partial charge in [0.15, 0.2) is 5.78 Å². The van der Waals surface area contributed by atoms with Crippen LogP contribution in [0.25, 0.3) is 0 Å². The summed E-state index contributed by atoms with van der Waals surface area (Å²) < 4.78 is 0. The first-order valence-electron chi connectivity index (χ1n) is 10.8. The minimum Gasteiger partial charge on any atom is -0.389 e. The summed E-state index contributed by atoms with van der Waals surface area (Å²) in [6, 6.07) is 0. The summed E-state index contributed by atoms with van der Waals surface area (Å²) in [5.41, 5.74) is -0.231. The van der Waals surface area contributed by atoms with Gasteiger partial charge in [-0.05, 0) is 92.3 Å². The Balaban J connectivity index is 1.59. The van der Waals surface area contributed by atoms with E-state index in [1.807, 2.05) is 0 Å². The van der Waals surface area contributed by atoms with Gasteiger partial charge in [0, 0.05) is 5.92 Å². The molecule has 4 fully saturated rings. The fourth-order valence-electron chi connectivity index (χ4n) is 8.10. The molecule has 2 N–H and O–H groups in total. The zero-order chi connectivity index (χ0) is 18.7. The number of hydrogen-bond donors (Lipinski definition) is 2. The molecule has 4 aliphatic carbocycles. The van der Waals surface area contributed by atoms with E-state index >= 15 is 0 Å². The molecule has 146 valence electrons. The highest BCUT2D eigenvalue weighted by atomic mass is 16.3. The third kappa shape index (κ3) is 2.49. The van der Waals surface area contributed by atoms with Crippen LogP contribution in [0.3, 0.4) is 0 Å². The Morgan fingerprint density at radius 2 is 1.77 bits per heavy atom. The average molecular weight is 361 g/mol. The second-order valence-corrected chi connectivity index (χ2v) is 10.5. The van der Waals surface area contributed by atoms with E-state index in [1.54, 1.807) is 6.08 Å². The maximum absolute atomic E-state index is 12.3. The predicted molar refractivity (Wildman–Crippen MR) is 102 cm³/mol. The van der Waals surface area contributed by atoms with Gasteiger partial charge in [0.25, 0.3) is 0 Å². The Morgan fingerprint density at radius 3 is 2.46 bits per heavy atom. The molecule has 3 heteroatoms. The molecule has 4 saturated carbocycles. The Morgan fingerprint density at radius 1 is 1.04 bits per heavy atom. The fraction of sp³-hybridized carbons (Fsp3) is 0.870. The maximum Gasteiger partial charge on any atom is 0.161 e.